The van der Waals surface area contributed by atoms with Gasteiger partial charge in [-0.3, -0.25) is 9.63 Å². The van der Waals surface area contributed by atoms with Crippen molar-refractivity contribution in [1.82, 2.24) is 0 Å². The summed E-state index contributed by atoms with van der Waals surface area (Å²) < 4.78 is 5.43. The number of hydrogen-bond acceptors (Lipinski definition) is 4. The molecule has 20 heavy (non-hydrogen) atoms. The highest BCUT2D eigenvalue weighted by Gasteiger charge is 2.49. The molecule has 118 valence electrons. The van der Waals surface area contributed by atoms with Crippen LogP contribution in [0.5, 0.6) is 0 Å². The average Bonchev–Trinajstić information content (AvgIpc) is 2.08. The van der Waals surface area contributed by atoms with Crippen LogP contribution in [0.1, 0.15) is 74.1 Å². The molecule has 1 rings (SSSR count). The van der Waals surface area contributed by atoms with Crippen LogP contribution < -0.4 is 5.90 Å². The molecule has 0 radical (unpaired) electrons. The second-order valence-corrected chi connectivity index (χ2v) is 8.92. The Morgan fingerprint density at radius 1 is 1.05 bits per heavy atom. The molecular weight excluding hydrogens is 254 g/mol. The van der Waals surface area contributed by atoms with Crippen molar-refractivity contribution < 1.29 is 14.4 Å². The molecule has 0 bridgehead atoms. The molecule has 0 aromatic heterocycles. The quantitative estimate of drug-likeness (QED) is 0.636. The largest absolute Gasteiger partial charge is 0.460 e. The summed E-state index contributed by atoms with van der Waals surface area (Å²) in [6.07, 6.45) is 2.87. The Balaban J connectivity index is 2.89. The summed E-state index contributed by atoms with van der Waals surface area (Å²) in [6, 6.07) is 0. The van der Waals surface area contributed by atoms with E-state index in [-0.39, 0.29) is 23.2 Å². The topological polar surface area (TPSA) is 61.5 Å². The van der Waals surface area contributed by atoms with Gasteiger partial charge < -0.3 is 4.74 Å². The maximum Gasteiger partial charge on any atom is 0.309 e. The summed E-state index contributed by atoms with van der Waals surface area (Å²) in [5.74, 6) is 5.35. The fourth-order valence-corrected chi connectivity index (χ4v) is 4.12. The number of nitrogens with two attached hydrogens (primary N) is 1. The Kier molecular flexibility index (Phi) is 4.62. The molecule has 0 amide bonds. The molecule has 0 saturated heterocycles. The first kappa shape index (κ1) is 17.4. The van der Waals surface area contributed by atoms with Gasteiger partial charge >= 0.3 is 5.97 Å². The molecule has 2 N–H and O–H groups in total. The summed E-state index contributed by atoms with van der Waals surface area (Å²) in [6.45, 7) is 14.4. The van der Waals surface area contributed by atoms with E-state index in [2.05, 4.69) is 27.7 Å². The van der Waals surface area contributed by atoms with Crippen molar-refractivity contribution in [3.05, 3.63) is 0 Å². The molecule has 0 aliphatic heterocycles. The number of ether oxygens (including phenoxy) is 1. The Labute approximate surface area is 123 Å². The molecular formula is C16H31NO3. The van der Waals surface area contributed by atoms with Crippen molar-refractivity contribution in [3.63, 3.8) is 0 Å². The molecule has 4 heteroatoms. The number of carbonyl (C=O) groups excluding carboxylic acids is 1. The summed E-state index contributed by atoms with van der Waals surface area (Å²) in [7, 11) is 0. The highest BCUT2D eigenvalue weighted by molar-refractivity contribution is 5.71. The zero-order valence-electron chi connectivity index (χ0n) is 14.1. The second kappa shape index (κ2) is 5.30. The van der Waals surface area contributed by atoms with Crippen molar-refractivity contribution in [2.24, 2.45) is 16.7 Å². The first-order valence-electron chi connectivity index (χ1n) is 7.38. The summed E-state index contributed by atoms with van der Waals surface area (Å²) >= 11 is 0. The van der Waals surface area contributed by atoms with E-state index >= 15 is 0 Å². The average molecular weight is 285 g/mol. The van der Waals surface area contributed by atoms with Gasteiger partial charge in [-0.1, -0.05) is 27.7 Å². The van der Waals surface area contributed by atoms with Gasteiger partial charge in [0.25, 0.3) is 0 Å². The predicted molar refractivity (Wildman–Crippen MR) is 79.9 cm³/mol. The van der Waals surface area contributed by atoms with Gasteiger partial charge in [-0.2, -0.15) is 0 Å². The van der Waals surface area contributed by atoms with Gasteiger partial charge in [0.1, 0.15) is 11.2 Å². The Morgan fingerprint density at radius 3 is 1.85 bits per heavy atom. The normalized spacial score (nSPS) is 24.2. The van der Waals surface area contributed by atoms with Crippen molar-refractivity contribution in [2.75, 3.05) is 0 Å². The van der Waals surface area contributed by atoms with E-state index < -0.39 is 11.2 Å². The van der Waals surface area contributed by atoms with E-state index in [4.69, 9.17) is 15.5 Å². The Morgan fingerprint density at radius 2 is 1.50 bits per heavy atom. The van der Waals surface area contributed by atoms with E-state index in [1.54, 1.807) is 0 Å². The lowest BCUT2D eigenvalue weighted by Gasteiger charge is -2.50. The van der Waals surface area contributed by atoms with Gasteiger partial charge in [0.05, 0.1) is 6.42 Å². The summed E-state index contributed by atoms with van der Waals surface area (Å²) in [5.41, 5.74) is -0.896. The predicted octanol–water partition coefficient (Wildman–Crippen LogP) is 3.58. The number of esters is 1. The van der Waals surface area contributed by atoms with E-state index in [0.717, 1.165) is 19.3 Å². The minimum absolute atomic E-state index is 0.100. The first-order chi connectivity index (χ1) is 8.78. The summed E-state index contributed by atoms with van der Waals surface area (Å²) in [4.78, 5) is 17.5. The van der Waals surface area contributed by atoms with E-state index in [1.165, 1.54) is 0 Å². The van der Waals surface area contributed by atoms with Crippen molar-refractivity contribution in [2.45, 2.75) is 85.4 Å². The molecule has 1 fully saturated rings. The molecule has 0 aromatic rings. The Bertz CT molecular complexity index is 350. The molecule has 0 unspecified atom stereocenters. The lowest BCUT2D eigenvalue weighted by atomic mass is 9.59. The van der Waals surface area contributed by atoms with Gasteiger partial charge in [-0.15, -0.1) is 0 Å². The molecule has 1 aliphatic carbocycles. The fourth-order valence-electron chi connectivity index (χ4n) is 4.12. The van der Waals surface area contributed by atoms with Crippen LogP contribution in [0.2, 0.25) is 0 Å². The van der Waals surface area contributed by atoms with Crippen LogP contribution in [0.15, 0.2) is 0 Å². The van der Waals surface area contributed by atoms with E-state index in [0.29, 0.717) is 0 Å². The first-order valence-corrected chi connectivity index (χ1v) is 7.38. The van der Waals surface area contributed by atoms with Crippen molar-refractivity contribution >= 4 is 5.97 Å². The van der Waals surface area contributed by atoms with E-state index in [9.17, 15) is 4.79 Å². The third-order valence-electron chi connectivity index (χ3n) is 3.70. The van der Waals surface area contributed by atoms with Crippen molar-refractivity contribution in [3.8, 4) is 0 Å². The van der Waals surface area contributed by atoms with E-state index in [1.807, 2.05) is 20.8 Å². The minimum atomic E-state index is -0.617. The monoisotopic (exact) mass is 285 g/mol. The molecule has 1 saturated carbocycles. The highest BCUT2D eigenvalue weighted by Crippen LogP contribution is 2.52. The zero-order valence-corrected chi connectivity index (χ0v) is 14.1. The molecule has 0 heterocycles. The SMILES string of the molecule is CC1(C)CC(C)(C)CC(CC(=O)OC(C)(C)C)(ON)C1. The van der Waals surface area contributed by atoms with Gasteiger partial charge in [-0.05, 0) is 50.9 Å². The number of rotatable bonds is 3. The Hall–Kier alpha value is -0.610. The van der Waals surface area contributed by atoms with Crippen LogP contribution in [0.25, 0.3) is 0 Å². The molecule has 4 nitrogen and oxygen atoms in total. The molecule has 0 spiro atoms. The van der Waals surface area contributed by atoms with Gasteiger partial charge in [0.2, 0.25) is 0 Å². The standard InChI is InChI=1S/C16H31NO3/c1-13(2,3)19-12(18)8-16(20-17)10-14(4,5)9-15(6,7)11-16/h8-11,17H2,1-7H3. The van der Waals surface area contributed by atoms with Crippen LogP contribution >= 0.6 is 0 Å². The van der Waals surface area contributed by atoms with Crippen LogP contribution in [-0.2, 0) is 14.4 Å². The molecule has 0 atom stereocenters. The summed E-state index contributed by atoms with van der Waals surface area (Å²) in [5, 5.41) is 0. The van der Waals surface area contributed by atoms with Gasteiger partial charge in [0.15, 0.2) is 0 Å². The van der Waals surface area contributed by atoms with Gasteiger partial charge in [-0.25, -0.2) is 5.90 Å². The number of carbonyl (C=O) groups is 1. The van der Waals surface area contributed by atoms with Crippen LogP contribution in [-0.4, -0.2) is 17.2 Å². The second-order valence-electron chi connectivity index (χ2n) is 8.92. The minimum Gasteiger partial charge on any atom is -0.460 e. The van der Waals surface area contributed by atoms with Crippen LogP contribution in [0, 0.1) is 10.8 Å². The van der Waals surface area contributed by atoms with Crippen molar-refractivity contribution in [1.29, 1.82) is 0 Å². The lowest BCUT2D eigenvalue weighted by molar-refractivity contribution is -0.176. The van der Waals surface area contributed by atoms with Crippen LogP contribution in [0.4, 0.5) is 0 Å². The zero-order chi connectivity index (χ0) is 15.8. The lowest BCUT2D eigenvalue weighted by Crippen LogP contribution is -2.50. The molecule has 0 aromatic carbocycles. The van der Waals surface area contributed by atoms with Gasteiger partial charge in [0, 0.05) is 0 Å². The fraction of sp³-hybridized carbons (Fsp3) is 0.938. The number of hydrogen-bond donors (Lipinski definition) is 1. The highest BCUT2D eigenvalue weighted by atomic mass is 16.6. The third-order valence-corrected chi connectivity index (χ3v) is 3.70. The van der Waals surface area contributed by atoms with Crippen LogP contribution in [0.3, 0.4) is 0 Å². The smallest absolute Gasteiger partial charge is 0.309 e. The third kappa shape index (κ3) is 5.06. The maximum absolute atomic E-state index is 12.2. The maximum atomic E-state index is 12.2. The molecule has 1 aliphatic rings.